The van der Waals surface area contributed by atoms with Gasteiger partial charge in [-0.05, 0) is 51.5 Å². The van der Waals surface area contributed by atoms with E-state index in [9.17, 15) is 18.8 Å². The molecule has 1 aromatic carbocycles. The third kappa shape index (κ3) is 3.87. The Morgan fingerprint density at radius 3 is 2.44 bits per heavy atom. The van der Waals surface area contributed by atoms with Gasteiger partial charge in [-0.2, -0.15) is 0 Å². The van der Waals surface area contributed by atoms with E-state index in [1.807, 2.05) is 0 Å². The fourth-order valence-electron chi connectivity index (χ4n) is 2.66. The van der Waals surface area contributed by atoms with E-state index < -0.39 is 23.7 Å². The van der Waals surface area contributed by atoms with Crippen molar-refractivity contribution in [2.45, 2.75) is 33.8 Å². The number of ketones is 2. The van der Waals surface area contributed by atoms with Crippen molar-refractivity contribution in [2.24, 2.45) is 0 Å². The molecule has 0 amide bonds. The van der Waals surface area contributed by atoms with Crippen molar-refractivity contribution < 1.29 is 23.5 Å². The fourth-order valence-corrected chi connectivity index (χ4v) is 3.02. The summed E-state index contributed by atoms with van der Waals surface area (Å²) in [6.45, 7) is 6.15. The topological polar surface area (TPSA) is 76.2 Å². The zero-order valence-electron chi connectivity index (χ0n) is 14.2. The number of hydrogen-bond acceptors (Lipinski definition) is 4. The fraction of sp³-hybridized carbons (Fsp3) is 0.278. The molecule has 1 heterocycles. The van der Waals surface area contributed by atoms with Gasteiger partial charge < -0.3 is 9.72 Å². The first kappa shape index (κ1) is 19.1. The zero-order chi connectivity index (χ0) is 18.9. The highest BCUT2D eigenvalue weighted by molar-refractivity contribution is 9.10. The van der Waals surface area contributed by atoms with E-state index in [1.54, 1.807) is 13.8 Å². The van der Waals surface area contributed by atoms with Gasteiger partial charge in [0, 0.05) is 15.7 Å². The van der Waals surface area contributed by atoms with E-state index in [0.717, 1.165) is 6.07 Å². The van der Waals surface area contributed by atoms with E-state index in [2.05, 4.69) is 20.9 Å². The molecule has 1 aromatic heterocycles. The second-order valence-corrected chi connectivity index (χ2v) is 6.63. The minimum atomic E-state index is -1.14. The maximum atomic E-state index is 13.8. The number of rotatable bonds is 5. The molecule has 0 spiro atoms. The van der Waals surface area contributed by atoms with E-state index in [-0.39, 0.29) is 17.0 Å². The van der Waals surface area contributed by atoms with Gasteiger partial charge >= 0.3 is 5.97 Å². The number of Topliss-reactive ketones (excluding diaryl/α,β-unsaturated/α-hetero) is 2. The van der Waals surface area contributed by atoms with Crippen LogP contribution < -0.4 is 0 Å². The molecule has 5 nitrogen and oxygen atoms in total. The highest BCUT2D eigenvalue weighted by Gasteiger charge is 2.27. The van der Waals surface area contributed by atoms with Gasteiger partial charge in [0.05, 0.1) is 11.3 Å². The van der Waals surface area contributed by atoms with Crippen LogP contribution in [0.1, 0.15) is 56.3 Å². The van der Waals surface area contributed by atoms with Crippen LogP contribution >= 0.6 is 15.9 Å². The number of esters is 1. The minimum absolute atomic E-state index is 0.161. The Bertz CT molecular complexity index is 872. The minimum Gasteiger partial charge on any atom is -0.451 e. The maximum absolute atomic E-state index is 13.8. The predicted octanol–water partition coefficient (Wildman–Crippen LogP) is 4.16. The Balaban J connectivity index is 2.24. The highest BCUT2D eigenvalue weighted by Crippen LogP contribution is 2.21. The molecule has 0 saturated heterocycles. The Hall–Kier alpha value is -2.28. The van der Waals surface area contributed by atoms with E-state index >= 15 is 0 Å². The van der Waals surface area contributed by atoms with Crippen molar-refractivity contribution in [3.05, 3.63) is 56.6 Å². The lowest BCUT2D eigenvalue weighted by Gasteiger charge is -2.13. The first-order valence-electron chi connectivity index (χ1n) is 7.53. The number of nitrogens with one attached hydrogen (secondary N) is 1. The van der Waals surface area contributed by atoms with E-state index in [1.165, 1.54) is 26.0 Å². The lowest BCUT2D eigenvalue weighted by atomic mass is 10.0. The molecule has 1 unspecified atom stereocenters. The van der Waals surface area contributed by atoms with E-state index in [4.69, 9.17) is 4.74 Å². The monoisotopic (exact) mass is 409 g/mol. The molecule has 1 N–H and O–H groups in total. The molecule has 1 atom stereocenters. The maximum Gasteiger partial charge on any atom is 0.341 e. The molecule has 0 saturated carbocycles. The smallest absolute Gasteiger partial charge is 0.341 e. The lowest BCUT2D eigenvalue weighted by Crippen LogP contribution is -2.25. The van der Waals surface area contributed by atoms with Crippen molar-refractivity contribution in [3.8, 4) is 0 Å². The SMILES string of the molecule is CC(=O)c1c(C)[nH]c(C(=O)C(C)OC(=O)c2cc(Br)ccc2F)c1C. The van der Waals surface area contributed by atoms with Crippen molar-refractivity contribution in [3.63, 3.8) is 0 Å². The molecule has 0 radical (unpaired) electrons. The number of aromatic nitrogens is 1. The van der Waals surface area contributed by atoms with Gasteiger partial charge in [0.15, 0.2) is 11.9 Å². The largest absolute Gasteiger partial charge is 0.451 e. The number of benzene rings is 1. The number of ether oxygens (including phenoxy) is 1. The van der Waals surface area contributed by atoms with Gasteiger partial charge in [0.25, 0.3) is 0 Å². The third-order valence-corrected chi connectivity index (χ3v) is 4.33. The summed E-state index contributed by atoms with van der Waals surface area (Å²) in [6, 6.07) is 3.87. The first-order valence-corrected chi connectivity index (χ1v) is 8.33. The second-order valence-electron chi connectivity index (χ2n) is 5.72. The zero-order valence-corrected chi connectivity index (χ0v) is 15.8. The summed E-state index contributed by atoms with van der Waals surface area (Å²) < 4.78 is 19.4. The van der Waals surface area contributed by atoms with Crippen molar-refractivity contribution in [1.29, 1.82) is 0 Å². The molecule has 0 aliphatic carbocycles. The summed E-state index contributed by atoms with van der Waals surface area (Å²) in [5.74, 6) is -2.33. The molecule has 0 bridgehead atoms. The second kappa shape index (κ2) is 7.31. The van der Waals surface area contributed by atoms with Crippen molar-refractivity contribution in [2.75, 3.05) is 0 Å². The van der Waals surface area contributed by atoms with Gasteiger partial charge in [-0.25, -0.2) is 9.18 Å². The molecule has 2 rings (SSSR count). The molecule has 132 valence electrons. The van der Waals surface area contributed by atoms with Crippen LogP contribution in [0.25, 0.3) is 0 Å². The Morgan fingerprint density at radius 1 is 1.24 bits per heavy atom. The molecule has 0 aliphatic rings. The molecule has 7 heteroatoms. The number of carbonyl (C=O) groups is 3. The van der Waals surface area contributed by atoms with Crippen molar-refractivity contribution in [1.82, 2.24) is 4.98 Å². The molecule has 2 aromatic rings. The van der Waals surface area contributed by atoms with Gasteiger partial charge in [0.2, 0.25) is 5.78 Å². The Morgan fingerprint density at radius 2 is 1.88 bits per heavy atom. The number of H-pyrrole nitrogens is 1. The Kier molecular flexibility index (Phi) is 5.57. The molecular formula is C18H17BrFNO4. The van der Waals surface area contributed by atoms with Crippen LogP contribution in [0, 0.1) is 19.7 Å². The quantitative estimate of drug-likeness (QED) is 0.593. The summed E-state index contributed by atoms with van der Waals surface area (Å²) in [4.78, 5) is 39.2. The summed E-state index contributed by atoms with van der Waals surface area (Å²) >= 11 is 3.15. The highest BCUT2D eigenvalue weighted by atomic mass is 79.9. The van der Waals surface area contributed by atoms with Crippen LogP contribution in [0.3, 0.4) is 0 Å². The van der Waals surface area contributed by atoms with E-state index in [0.29, 0.717) is 21.3 Å². The van der Waals surface area contributed by atoms with Crippen LogP contribution in [-0.4, -0.2) is 28.6 Å². The van der Waals surface area contributed by atoms with Crippen LogP contribution in [-0.2, 0) is 4.74 Å². The average molecular weight is 410 g/mol. The summed E-state index contributed by atoms with van der Waals surface area (Å²) in [7, 11) is 0. The number of aryl methyl sites for hydroxylation is 1. The molecule has 25 heavy (non-hydrogen) atoms. The van der Waals surface area contributed by atoms with Gasteiger partial charge in [-0.3, -0.25) is 9.59 Å². The summed E-state index contributed by atoms with van der Waals surface area (Å²) in [5, 5.41) is 0. The van der Waals surface area contributed by atoms with Crippen LogP contribution in [0.2, 0.25) is 0 Å². The molecule has 0 fully saturated rings. The predicted molar refractivity (Wildman–Crippen MR) is 93.6 cm³/mol. The molecular weight excluding hydrogens is 393 g/mol. The van der Waals surface area contributed by atoms with Crippen molar-refractivity contribution >= 4 is 33.5 Å². The standard InChI is InChI=1S/C18H17BrFNO4/c1-8-15(10(3)22)9(2)21-16(8)17(23)11(4)25-18(24)13-7-12(19)5-6-14(13)20/h5-7,11,21H,1-4H3. The number of hydrogen-bond donors (Lipinski definition) is 1. The van der Waals surface area contributed by atoms with Crippen LogP contribution in [0.4, 0.5) is 4.39 Å². The van der Waals surface area contributed by atoms with Crippen LogP contribution in [0.5, 0.6) is 0 Å². The number of aromatic amines is 1. The number of carbonyl (C=O) groups excluding carboxylic acids is 3. The van der Waals surface area contributed by atoms with Gasteiger partial charge in [-0.1, -0.05) is 15.9 Å². The average Bonchev–Trinajstić information content (AvgIpc) is 2.83. The first-order chi connectivity index (χ1) is 11.6. The van der Waals surface area contributed by atoms with Crippen LogP contribution in [0.15, 0.2) is 22.7 Å². The van der Waals surface area contributed by atoms with Gasteiger partial charge in [0.1, 0.15) is 5.82 Å². The lowest BCUT2D eigenvalue weighted by molar-refractivity contribution is 0.0312. The Labute approximate surface area is 152 Å². The number of halogens is 2. The normalized spacial score (nSPS) is 11.9. The van der Waals surface area contributed by atoms with Gasteiger partial charge in [-0.15, -0.1) is 0 Å². The summed E-state index contributed by atoms with van der Waals surface area (Å²) in [5.41, 5.74) is 1.46. The molecule has 0 aliphatic heterocycles. The third-order valence-electron chi connectivity index (χ3n) is 3.84. The summed E-state index contributed by atoms with van der Waals surface area (Å²) in [6.07, 6.45) is -1.14.